The van der Waals surface area contributed by atoms with Crippen molar-refractivity contribution in [1.82, 2.24) is 15.2 Å². The van der Waals surface area contributed by atoms with Crippen molar-refractivity contribution >= 4 is 11.7 Å². The van der Waals surface area contributed by atoms with Crippen LogP contribution in [0.2, 0.25) is 0 Å². The van der Waals surface area contributed by atoms with E-state index in [1.54, 1.807) is 18.3 Å². The fourth-order valence-corrected chi connectivity index (χ4v) is 1.82. The molecule has 5 heteroatoms. The number of hydrogen-bond donors (Lipinski definition) is 2. The van der Waals surface area contributed by atoms with Crippen molar-refractivity contribution in [2.45, 2.75) is 6.42 Å². The SMILES string of the molecule is Nc1ncccc1C(=O)N1CCCNCC1. The van der Waals surface area contributed by atoms with Gasteiger partial charge in [-0.15, -0.1) is 0 Å². The normalized spacial score (nSPS) is 16.9. The van der Waals surface area contributed by atoms with Crippen molar-refractivity contribution in [3.8, 4) is 0 Å². The first-order valence-corrected chi connectivity index (χ1v) is 5.49. The van der Waals surface area contributed by atoms with Gasteiger partial charge in [0, 0.05) is 25.8 Å². The van der Waals surface area contributed by atoms with Crippen LogP contribution < -0.4 is 11.1 Å². The maximum atomic E-state index is 12.2. The molecule has 1 aliphatic rings. The molecule has 0 aliphatic carbocycles. The van der Waals surface area contributed by atoms with Crippen molar-refractivity contribution in [1.29, 1.82) is 0 Å². The molecular weight excluding hydrogens is 204 g/mol. The first-order valence-electron chi connectivity index (χ1n) is 5.49. The van der Waals surface area contributed by atoms with Gasteiger partial charge in [0.15, 0.2) is 0 Å². The second-order valence-corrected chi connectivity index (χ2v) is 3.83. The zero-order chi connectivity index (χ0) is 11.4. The third kappa shape index (κ3) is 2.30. The molecule has 2 heterocycles. The summed E-state index contributed by atoms with van der Waals surface area (Å²) in [4.78, 5) is 17.9. The third-order valence-corrected chi connectivity index (χ3v) is 2.70. The molecule has 86 valence electrons. The fourth-order valence-electron chi connectivity index (χ4n) is 1.82. The smallest absolute Gasteiger partial charge is 0.257 e. The van der Waals surface area contributed by atoms with Gasteiger partial charge in [-0.25, -0.2) is 4.98 Å². The number of nitrogen functional groups attached to an aromatic ring is 1. The van der Waals surface area contributed by atoms with Crippen LogP contribution in [-0.2, 0) is 0 Å². The van der Waals surface area contributed by atoms with Gasteiger partial charge in [-0.2, -0.15) is 0 Å². The zero-order valence-corrected chi connectivity index (χ0v) is 9.15. The number of carbonyl (C=O) groups excluding carboxylic acids is 1. The van der Waals surface area contributed by atoms with Gasteiger partial charge in [-0.1, -0.05) is 0 Å². The molecular formula is C11H16N4O. The molecule has 1 aromatic heterocycles. The third-order valence-electron chi connectivity index (χ3n) is 2.70. The van der Waals surface area contributed by atoms with Crippen LogP contribution in [0.3, 0.4) is 0 Å². The van der Waals surface area contributed by atoms with Crippen LogP contribution >= 0.6 is 0 Å². The molecule has 3 N–H and O–H groups in total. The van der Waals surface area contributed by atoms with E-state index in [-0.39, 0.29) is 5.91 Å². The molecule has 0 bridgehead atoms. The molecule has 0 unspecified atom stereocenters. The van der Waals surface area contributed by atoms with Crippen LogP contribution in [0.5, 0.6) is 0 Å². The van der Waals surface area contributed by atoms with E-state index < -0.39 is 0 Å². The highest BCUT2D eigenvalue weighted by Crippen LogP contribution is 2.11. The standard InChI is InChI=1S/C11H16N4O/c12-10-9(3-1-5-14-10)11(16)15-7-2-4-13-6-8-15/h1,3,5,13H,2,4,6-8H2,(H2,12,14). The molecule has 0 aromatic carbocycles. The maximum Gasteiger partial charge on any atom is 0.257 e. The van der Waals surface area contributed by atoms with Crippen molar-refractivity contribution < 1.29 is 4.79 Å². The summed E-state index contributed by atoms with van der Waals surface area (Å²) in [6.07, 6.45) is 2.57. The van der Waals surface area contributed by atoms with Crippen molar-refractivity contribution in [3.05, 3.63) is 23.9 Å². The number of hydrogen-bond acceptors (Lipinski definition) is 4. The molecule has 0 radical (unpaired) electrons. The number of pyridine rings is 1. The first-order chi connectivity index (χ1) is 7.79. The molecule has 1 aromatic rings. The topological polar surface area (TPSA) is 71.2 Å². The Morgan fingerprint density at radius 3 is 3.12 bits per heavy atom. The summed E-state index contributed by atoms with van der Waals surface area (Å²) in [7, 11) is 0. The Morgan fingerprint density at radius 1 is 1.44 bits per heavy atom. The lowest BCUT2D eigenvalue weighted by Crippen LogP contribution is -2.34. The number of carbonyl (C=O) groups is 1. The Bertz CT molecular complexity index is 372. The lowest BCUT2D eigenvalue weighted by Gasteiger charge is -2.20. The molecule has 0 saturated carbocycles. The molecule has 16 heavy (non-hydrogen) atoms. The van der Waals surface area contributed by atoms with Crippen LogP contribution in [0.15, 0.2) is 18.3 Å². The number of anilines is 1. The molecule has 1 aliphatic heterocycles. The van der Waals surface area contributed by atoms with Crippen molar-refractivity contribution in [3.63, 3.8) is 0 Å². The van der Waals surface area contributed by atoms with E-state index in [4.69, 9.17) is 5.73 Å². The van der Waals surface area contributed by atoms with E-state index in [0.717, 1.165) is 32.6 Å². The van der Waals surface area contributed by atoms with Gasteiger partial charge in [-0.3, -0.25) is 4.79 Å². The first kappa shape index (κ1) is 10.9. The largest absolute Gasteiger partial charge is 0.383 e. The lowest BCUT2D eigenvalue weighted by molar-refractivity contribution is 0.0767. The van der Waals surface area contributed by atoms with E-state index in [2.05, 4.69) is 10.3 Å². The summed E-state index contributed by atoms with van der Waals surface area (Å²) >= 11 is 0. The van der Waals surface area contributed by atoms with E-state index in [0.29, 0.717) is 11.4 Å². The zero-order valence-electron chi connectivity index (χ0n) is 9.15. The van der Waals surface area contributed by atoms with Crippen LogP contribution in [-0.4, -0.2) is 42.0 Å². The minimum absolute atomic E-state index is 0.0192. The molecule has 0 atom stereocenters. The van der Waals surface area contributed by atoms with Crippen LogP contribution in [0.4, 0.5) is 5.82 Å². The van der Waals surface area contributed by atoms with E-state index in [1.165, 1.54) is 0 Å². The Kier molecular flexibility index (Phi) is 3.36. The number of rotatable bonds is 1. The maximum absolute atomic E-state index is 12.2. The minimum atomic E-state index is -0.0192. The molecule has 1 fully saturated rings. The van der Waals surface area contributed by atoms with Gasteiger partial charge in [0.2, 0.25) is 0 Å². The highest BCUT2D eigenvalue weighted by atomic mass is 16.2. The number of aromatic nitrogens is 1. The second-order valence-electron chi connectivity index (χ2n) is 3.83. The Balaban J connectivity index is 2.14. The van der Waals surface area contributed by atoms with Crippen LogP contribution in [0.1, 0.15) is 16.8 Å². The predicted molar refractivity (Wildman–Crippen MR) is 62.0 cm³/mol. The van der Waals surface area contributed by atoms with Crippen LogP contribution in [0.25, 0.3) is 0 Å². The van der Waals surface area contributed by atoms with Gasteiger partial charge in [-0.05, 0) is 25.1 Å². The summed E-state index contributed by atoms with van der Waals surface area (Å²) in [5.74, 6) is 0.291. The van der Waals surface area contributed by atoms with Gasteiger partial charge in [0.1, 0.15) is 5.82 Å². The quantitative estimate of drug-likeness (QED) is 0.704. The Morgan fingerprint density at radius 2 is 2.31 bits per heavy atom. The highest BCUT2D eigenvalue weighted by molar-refractivity contribution is 5.98. The average Bonchev–Trinajstić information content (AvgIpc) is 2.57. The lowest BCUT2D eigenvalue weighted by atomic mass is 10.2. The van der Waals surface area contributed by atoms with E-state index >= 15 is 0 Å². The van der Waals surface area contributed by atoms with Gasteiger partial charge < -0.3 is 16.0 Å². The van der Waals surface area contributed by atoms with Crippen molar-refractivity contribution in [2.24, 2.45) is 0 Å². The number of amides is 1. The molecule has 2 rings (SSSR count). The van der Waals surface area contributed by atoms with Gasteiger partial charge in [0.05, 0.1) is 5.56 Å². The summed E-state index contributed by atoms with van der Waals surface area (Å²) in [6, 6.07) is 3.46. The predicted octanol–water partition coefficient (Wildman–Crippen LogP) is 0.0993. The number of nitrogens with two attached hydrogens (primary N) is 1. The average molecular weight is 220 g/mol. The minimum Gasteiger partial charge on any atom is -0.383 e. The number of nitrogens with one attached hydrogen (secondary N) is 1. The summed E-state index contributed by atoms with van der Waals surface area (Å²) in [5.41, 5.74) is 6.20. The van der Waals surface area contributed by atoms with Gasteiger partial charge in [0.25, 0.3) is 5.91 Å². The number of nitrogens with zero attached hydrogens (tertiary/aromatic N) is 2. The summed E-state index contributed by atoms with van der Waals surface area (Å²) in [6.45, 7) is 3.31. The van der Waals surface area contributed by atoms with E-state index in [1.807, 2.05) is 4.90 Å². The molecule has 5 nitrogen and oxygen atoms in total. The van der Waals surface area contributed by atoms with Crippen LogP contribution in [0, 0.1) is 0 Å². The van der Waals surface area contributed by atoms with E-state index in [9.17, 15) is 4.79 Å². The monoisotopic (exact) mass is 220 g/mol. The fraction of sp³-hybridized carbons (Fsp3) is 0.455. The summed E-state index contributed by atoms with van der Waals surface area (Å²) < 4.78 is 0. The summed E-state index contributed by atoms with van der Waals surface area (Å²) in [5, 5.41) is 3.26. The molecule has 0 spiro atoms. The Labute approximate surface area is 94.6 Å². The second kappa shape index (κ2) is 4.94. The molecule has 1 amide bonds. The van der Waals surface area contributed by atoms with Crippen molar-refractivity contribution in [2.75, 3.05) is 31.9 Å². The van der Waals surface area contributed by atoms with Gasteiger partial charge >= 0.3 is 0 Å². The highest BCUT2D eigenvalue weighted by Gasteiger charge is 2.19. The Hall–Kier alpha value is -1.62. The molecule has 1 saturated heterocycles.